The van der Waals surface area contributed by atoms with Crippen LogP contribution in [0.3, 0.4) is 0 Å². The average Bonchev–Trinajstić information content (AvgIpc) is 3.03. The number of aromatic nitrogens is 1. The minimum Gasteiger partial charge on any atom is -0.473 e. The van der Waals surface area contributed by atoms with Crippen molar-refractivity contribution in [3.63, 3.8) is 0 Å². The number of hydrogen-bond donors (Lipinski definition) is 1. The molecule has 2 aliphatic heterocycles. The number of thioether (sulfide) groups is 1. The molecule has 5 nitrogen and oxygen atoms in total. The number of likely N-dealkylation sites (tertiary alicyclic amines) is 1. The Balaban J connectivity index is 1.57. The highest BCUT2D eigenvalue weighted by molar-refractivity contribution is 7.99. The van der Waals surface area contributed by atoms with E-state index in [-0.39, 0.29) is 18.1 Å². The second-order valence-electron chi connectivity index (χ2n) is 6.04. The van der Waals surface area contributed by atoms with E-state index in [9.17, 15) is 4.79 Å². The molecule has 1 aromatic rings. The molecule has 0 aromatic carbocycles. The predicted molar refractivity (Wildman–Crippen MR) is 88.6 cm³/mol. The molecule has 1 atom stereocenters. The first-order chi connectivity index (χ1) is 10.7. The minimum absolute atomic E-state index is 0.0254. The molecule has 6 heteroatoms. The second kappa shape index (κ2) is 7.33. The van der Waals surface area contributed by atoms with Gasteiger partial charge < -0.3 is 15.0 Å². The van der Waals surface area contributed by atoms with Crippen molar-refractivity contribution in [2.75, 3.05) is 31.6 Å². The number of nitrogens with zero attached hydrogens (tertiary/aromatic N) is 2. The number of piperidine rings is 1. The van der Waals surface area contributed by atoms with Crippen molar-refractivity contribution in [2.45, 2.75) is 31.4 Å². The van der Waals surface area contributed by atoms with Crippen molar-refractivity contribution in [3.8, 4) is 5.88 Å². The number of hydrogen-bond acceptors (Lipinski definition) is 5. The highest BCUT2D eigenvalue weighted by Gasteiger charge is 2.21. The zero-order valence-corrected chi connectivity index (χ0v) is 13.8. The lowest BCUT2D eigenvalue weighted by atomic mass is 10.1. The van der Waals surface area contributed by atoms with Gasteiger partial charge >= 0.3 is 0 Å². The number of carbonyl (C=O) groups excluding carboxylic acids is 1. The molecule has 0 bridgehead atoms. The third kappa shape index (κ3) is 4.14. The highest BCUT2D eigenvalue weighted by atomic mass is 32.2. The molecular formula is C16H23N3O2S. The van der Waals surface area contributed by atoms with Crippen LogP contribution in [0, 0.1) is 0 Å². The van der Waals surface area contributed by atoms with Crippen LogP contribution in [-0.4, -0.2) is 59.6 Å². The molecule has 1 aromatic heterocycles. The number of nitrogens with one attached hydrogen (secondary N) is 1. The summed E-state index contributed by atoms with van der Waals surface area (Å²) in [6, 6.07) is 3.78. The van der Waals surface area contributed by atoms with Gasteiger partial charge in [-0.3, -0.25) is 4.79 Å². The van der Waals surface area contributed by atoms with Crippen molar-refractivity contribution in [1.29, 1.82) is 0 Å². The summed E-state index contributed by atoms with van der Waals surface area (Å²) in [4.78, 5) is 18.9. The largest absolute Gasteiger partial charge is 0.473 e. The number of carbonyl (C=O) groups is 1. The van der Waals surface area contributed by atoms with Crippen molar-refractivity contribution in [1.82, 2.24) is 15.2 Å². The zero-order chi connectivity index (χ0) is 15.4. The first kappa shape index (κ1) is 15.6. The molecule has 2 aliphatic rings. The van der Waals surface area contributed by atoms with Gasteiger partial charge in [-0.2, -0.15) is 11.8 Å². The van der Waals surface area contributed by atoms with Crippen LogP contribution < -0.4 is 10.1 Å². The van der Waals surface area contributed by atoms with Crippen molar-refractivity contribution < 1.29 is 9.53 Å². The zero-order valence-electron chi connectivity index (χ0n) is 13.0. The Kier molecular flexibility index (Phi) is 5.20. The predicted octanol–water partition coefficient (Wildman–Crippen LogP) is 1.79. The molecule has 1 amide bonds. The van der Waals surface area contributed by atoms with Gasteiger partial charge in [0.25, 0.3) is 5.91 Å². The summed E-state index contributed by atoms with van der Waals surface area (Å²) in [7, 11) is 2.12. The number of rotatable bonds is 4. The fourth-order valence-corrected chi connectivity index (χ4v) is 3.91. The van der Waals surface area contributed by atoms with Gasteiger partial charge in [-0.15, -0.1) is 0 Å². The molecule has 3 heterocycles. The maximum atomic E-state index is 12.4. The van der Waals surface area contributed by atoms with Crippen LogP contribution in [0.2, 0.25) is 0 Å². The van der Waals surface area contributed by atoms with Crippen LogP contribution in [0.4, 0.5) is 0 Å². The molecule has 0 aliphatic carbocycles. The number of amides is 1. The quantitative estimate of drug-likeness (QED) is 0.916. The van der Waals surface area contributed by atoms with Gasteiger partial charge in [0.2, 0.25) is 5.88 Å². The Labute approximate surface area is 135 Å². The molecular weight excluding hydrogens is 298 g/mol. The standard InChI is InChI=1S/C16H23N3O2S/c1-19-7-3-13(4-8-19)18-16(20)12-2-6-17-15(10-12)21-14-5-9-22-11-14/h2,6,10,13-14H,3-5,7-9,11H2,1H3,(H,18,20). The van der Waals surface area contributed by atoms with E-state index in [1.807, 2.05) is 11.8 Å². The summed E-state index contributed by atoms with van der Waals surface area (Å²) in [5.74, 6) is 2.68. The molecule has 3 rings (SSSR count). The van der Waals surface area contributed by atoms with Gasteiger partial charge in [0.15, 0.2) is 0 Å². The fourth-order valence-electron chi connectivity index (χ4n) is 2.81. The lowest BCUT2D eigenvalue weighted by molar-refractivity contribution is 0.0916. The summed E-state index contributed by atoms with van der Waals surface area (Å²) in [5.41, 5.74) is 0.634. The first-order valence-corrected chi connectivity index (χ1v) is 9.06. The Morgan fingerprint density at radius 2 is 2.23 bits per heavy atom. The van der Waals surface area contributed by atoms with Gasteiger partial charge in [0.05, 0.1) is 0 Å². The van der Waals surface area contributed by atoms with E-state index in [1.54, 1.807) is 18.3 Å². The van der Waals surface area contributed by atoms with E-state index in [1.165, 1.54) is 0 Å². The molecule has 0 radical (unpaired) electrons. The Bertz CT molecular complexity index is 512. The van der Waals surface area contributed by atoms with E-state index >= 15 is 0 Å². The lowest BCUT2D eigenvalue weighted by Crippen LogP contribution is -2.43. The summed E-state index contributed by atoms with van der Waals surface area (Å²) in [5, 5.41) is 3.12. The summed E-state index contributed by atoms with van der Waals surface area (Å²) in [6.07, 6.45) is 4.95. The fraction of sp³-hybridized carbons (Fsp3) is 0.625. The monoisotopic (exact) mass is 321 g/mol. The molecule has 22 heavy (non-hydrogen) atoms. The molecule has 120 valence electrons. The van der Waals surface area contributed by atoms with Crippen LogP contribution in [0.1, 0.15) is 29.6 Å². The molecule has 2 fully saturated rings. The summed E-state index contributed by atoms with van der Waals surface area (Å²) in [6.45, 7) is 2.07. The first-order valence-electron chi connectivity index (χ1n) is 7.90. The van der Waals surface area contributed by atoms with Crippen LogP contribution in [-0.2, 0) is 0 Å². The van der Waals surface area contributed by atoms with E-state index in [0.29, 0.717) is 11.4 Å². The Morgan fingerprint density at radius 1 is 1.41 bits per heavy atom. The Hall–Kier alpha value is -1.27. The van der Waals surface area contributed by atoms with E-state index in [4.69, 9.17) is 4.74 Å². The lowest BCUT2D eigenvalue weighted by Gasteiger charge is -2.29. The van der Waals surface area contributed by atoms with Gasteiger partial charge in [-0.05, 0) is 51.2 Å². The van der Waals surface area contributed by atoms with Gasteiger partial charge in [-0.25, -0.2) is 4.98 Å². The molecule has 0 spiro atoms. The van der Waals surface area contributed by atoms with E-state index < -0.39 is 0 Å². The summed E-state index contributed by atoms with van der Waals surface area (Å²) >= 11 is 1.90. The smallest absolute Gasteiger partial charge is 0.251 e. The molecule has 0 saturated carbocycles. The second-order valence-corrected chi connectivity index (χ2v) is 7.19. The molecule has 1 unspecified atom stereocenters. The van der Waals surface area contributed by atoms with Crippen LogP contribution in [0.15, 0.2) is 18.3 Å². The van der Waals surface area contributed by atoms with Crippen LogP contribution in [0.25, 0.3) is 0 Å². The van der Waals surface area contributed by atoms with Crippen LogP contribution >= 0.6 is 11.8 Å². The Morgan fingerprint density at radius 3 is 2.95 bits per heavy atom. The van der Waals surface area contributed by atoms with E-state index in [0.717, 1.165) is 43.9 Å². The summed E-state index contributed by atoms with van der Waals surface area (Å²) < 4.78 is 5.85. The van der Waals surface area contributed by atoms with Crippen molar-refractivity contribution in [3.05, 3.63) is 23.9 Å². The number of pyridine rings is 1. The van der Waals surface area contributed by atoms with Gasteiger partial charge in [-0.1, -0.05) is 0 Å². The van der Waals surface area contributed by atoms with Crippen LogP contribution in [0.5, 0.6) is 5.88 Å². The normalized spacial score (nSPS) is 23.4. The average molecular weight is 321 g/mol. The maximum absolute atomic E-state index is 12.4. The van der Waals surface area contributed by atoms with Crippen molar-refractivity contribution >= 4 is 17.7 Å². The molecule has 1 N–H and O–H groups in total. The number of ether oxygens (including phenoxy) is 1. The third-order valence-corrected chi connectivity index (χ3v) is 5.36. The highest BCUT2D eigenvalue weighted by Crippen LogP contribution is 2.22. The van der Waals surface area contributed by atoms with Crippen molar-refractivity contribution in [2.24, 2.45) is 0 Å². The topological polar surface area (TPSA) is 54.5 Å². The third-order valence-electron chi connectivity index (χ3n) is 4.23. The van der Waals surface area contributed by atoms with E-state index in [2.05, 4.69) is 22.2 Å². The van der Waals surface area contributed by atoms with Gasteiger partial charge in [0.1, 0.15) is 6.10 Å². The van der Waals surface area contributed by atoms with Gasteiger partial charge in [0, 0.05) is 29.6 Å². The SMILES string of the molecule is CN1CCC(NC(=O)c2ccnc(OC3CCSC3)c2)CC1. The molecule has 2 saturated heterocycles. The maximum Gasteiger partial charge on any atom is 0.251 e. The minimum atomic E-state index is -0.0254.